The molecule has 0 fully saturated rings. The second kappa shape index (κ2) is 6.05. The van der Waals surface area contributed by atoms with Crippen LogP contribution in [0.25, 0.3) is 28.3 Å². The predicted molar refractivity (Wildman–Crippen MR) is 97.3 cm³/mol. The van der Waals surface area contributed by atoms with Crippen molar-refractivity contribution in [3.63, 3.8) is 0 Å². The molecule has 0 radical (unpaired) electrons. The van der Waals surface area contributed by atoms with Gasteiger partial charge in [-0.1, -0.05) is 0 Å². The first kappa shape index (κ1) is 15.7. The Hall–Kier alpha value is -3.48. The fourth-order valence-electron chi connectivity index (χ4n) is 3.30. The number of aromatic nitrogens is 4. The number of nitrogens with zero attached hydrogens (tertiary/aromatic N) is 4. The van der Waals surface area contributed by atoms with Crippen molar-refractivity contribution in [1.82, 2.24) is 19.4 Å². The fraction of sp³-hybridized carbons (Fsp3) is 0.150. The second-order valence-electron chi connectivity index (χ2n) is 6.27. The Morgan fingerprint density at radius 3 is 2.81 bits per heavy atom. The van der Waals surface area contributed by atoms with E-state index in [2.05, 4.69) is 15.0 Å². The zero-order chi connectivity index (χ0) is 18.4. The summed E-state index contributed by atoms with van der Waals surface area (Å²) in [5, 5.41) is 0. The number of benzene rings is 1. The third-order valence-electron chi connectivity index (χ3n) is 4.44. The molecule has 27 heavy (non-hydrogen) atoms. The highest BCUT2D eigenvalue weighted by atomic mass is 19.1. The molecule has 5 rings (SSSR count). The van der Waals surface area contributed by atoms with Crippen LogP contribution >= 0.6 is 0 Å². The van der Waals surface area contributed by atoms with Gasteiger partial charge in [-0.05, 0) is 37.3 Å². The van der Waals surface area contributed by atoms with Gasteiger partial charge in [-0.3, -0.25) is 9.38 Å². The van der Waals surface area contributed by atoms with E-state index in [1.807, 2.05) is 35.7 Å². The zero-order valence-electron chi connectivity index (χ0n) is 14.5. The molecule has 6 nitrogen and oxygen atoms in total. The molecule has 1 aliphatic heterocycles. The second-order valence-corrected chi connectivity index (χ2v) is 6.27. The highest BCUT2D eigenvalue weighted by molar-refractivity contribution is 5.82. The van der Waals surface area contributed by atoms with E-state index in [1.54, 1.807) is 18.5 Å². The van der Waals surface area contributed by atoms with Gasteiger partial charge in [0.2, 0.25) is 5.78 Å². The fourth-order valence-corrected chi connectivity index (χ4v) is 3.30. The number of rotatable bonds is 2. The molecule has 0 aliphatic carbocycles. The number of fused-ring (bicyclic) bond motifs is 2. The number of hydrogen-bond donors (Lipinski definition) is 0. The minimum atomic E-state index is -0.460. The third kappa shape index (κ3) is 2.59. The van der Waals surface area contributed by atoms with Crippen molar-refractivity contribution in [3.05, 3.63) is 60.4 Å². The Morgan fingerprint density at radius 1 is 1.04 bits per heavy atom. The van der Waals surface area contributed by atoms with E-state index in [0.717, 1.165) is 17.0 Å². The first-order chi connectivity index (χ1) is 13.2. The predicted octanol–water partition coefficient (Wildman–Crippen LogP) is 3.68. The number of aryl methyl sites for hydroxylation is 1. The van der Waals surface area contributed by atoms with Gasteiger partial charge >= 0.3 is 0 Å². The summed E-state index contributed by atoms with van der Waals surface area (Å²) >= 11 is 0. The number of ether oxygens (including phenoxy) is 2. The summed E-state index contributed by atoms with van der Waals surface area (Å²) in [4.78, 5) is 13.3. The molecule has 0 bridgehead atoms. The molecule has 7 heteroatoms. The van der Waals surface area contributed by atoms with Crippen LogP contribution in [0.2, 0.25) is 0 Å². The van der Waals surface area contributed by atoms with Crippen LogP contribution in [-0.2, 0) is 0 Å². The Bertz CT molecular complexity index is 1170. The quantitative estimate of drug-likeness (QED) is 0.544. The molecule has 1 aromatic carbocycles. The van der Waals surface area contributed by atoms with Gasteiger partial charge in [0.25, 0.3) is 0 Å². The van der Waals surface area contributed by atoms with E-state index >= 15 is 0 Å². The van der Waals surface area contributed by atoms with E-state index < -0.39 is 5.82 Å². The molecule has 0 saturated heterocycles. The van der Waals surface area contributed by atoms with E-state index in [0.29, 0.717) is 36.0 Å². The summed E-state index contributed by atoms with van der Waals surface area (Å²) in [5.74, 6) is 0.621. The van der Waals surface area contributed by atoms with Crippen LogP contribution in [0.1, 0.15) is 5.69 Å². The summed E-state index contributed by atoms with van der Waals surface area (Å²) < 4.78 is 27.5. The average Bonchev–Trinajstić information content (AvgIpc) is 3.07. The van der Waals surface area contributed by atoms with Crippen LogP contribution < -0.4 is 9.47 Å². The van der Waals surface area contributed by atoms with Crippen molar-refractivity contribution in [2.75, 3.05) is 13.2 Å². The molecule has 0 amide bonds. The Labute approximate surface area is 154 Å². The van der Waals surface area contributed by atoms with Crippen molar-refractivity contribution in [1.29, 1.82) is 0 Å². The Morgan fingerprint density at radius 2 is 1.93 bits per heavy atom. The van der Waals surface area contributed by atoms with Crippen LogP contribution in [0, 0.1) is 12.7 Å². The van der Waals surface area contributed by atoms with E-state index in [1.165, 1.54) is 6.07 Å². The summed E-state index contributed by atoms with van der Waals surface area (Å²) in [6, 6.07) is 8.87. The SMILES string of the molecule is Cc1cc(-c2nc3ncccn3c2-c2cc(F)c3c(c2)OCCO3)ccn1. The molecule has 4 heterocycles. The minimum absolute atomic E-state index is 0.151. The maximum atomic E-state index is 14.7. The summed E-state index contributed by atoms with van der Waals surface area (Å²) in [6.07, 6.45) is 5.27. The Balaban J connectivity index is 1.80. The van der Waals surface area contributed by atoms with Gasteiger partial charge in [-0.15, -0.1) is 0 Å². The molecular weight excluding hydrogens is 347 g/mol. The van der Waals surface area contributed by atoms with Gasteiger partial charge in [-0.25, -0.2) is 14.4 Å². The summed E-state index contributed by atoms with van der Waals surface area (Å²) in [6.45, 7) is 2.65. The van der Waals surface area contributed by atoms with Crippen molar-refractivity contribution in [3.8, 4) is 34.0 Å². The lowest BCUT2D eigenvalue weighted by atomic mass is 10.0. The van der Waals surface area contributed by atoms with Gasteiger partial charge in [0.15, 0.2) is 17.3 Å². The maximum Gasteiger partial charge on any atom is 0.234 e. The molecule has 134 valence electrons. The smallest absolute Gasteiger partial charge is 0.234 e. The summed E-state index contributed by atoms with van der Waals surface area (Å²) in [5.41, 5.74) is 3.84. The van der Waals surface area contributed by atoms with E-state index in [9.17, 15) is 4.39 Å². The molecule has 0 saturated carbocycles. The number of halogens is 1. The van der Waals surface area contributed by atoms with E-state index in [-0.39, 0.29) is 5.75 Å². The molecular formula is C20H15FN4O2. The highest BCUT2D eigenvalue weighted by Crippen LogP contribution is 2.40. The summed E-state index contributed by atoms with van der Waals surface area (Å²) in [7, 11) is 0. The largest absolute Gasteiger partial charge is 0.486 e. The molecule has 0 spiro atoms. The van der Waals surface area contributed by atoms with Crippen molar-refractivity contribution in [2.45, 2.75) is 6.92 Å². The van der Waals surface area contributed by atoms with Gasteiger partial charge in [0, 0.05) is 35.4 Å². The molecule has 4 aromatic rings. The lowest BCUT2D eigenvalue weighted by Gasteiger charge is -2.19. The first-order valence-electron chi connectivity index (χ1n) is 8.56. The van der Waals surface area contributed by atoms with Crippen molar-refractivity contribution < 1.29 is 13.9 Å². The molecule has 1 aliphatic rings. The van der Waals surface area contributed by atoms with Crippen LogP contribution in [0.3, 0.4) is 0 Å². The topological polar surface area (TPSA) is 61.5 Å². The lowest BCUT2D eigenvalue weighted by molar-refractivity contribution is 0.164. The van der Waals surface area contributed by atoms with Gasteiger partial charge in [0.1, 0.15) is 13.2 Å². The van der Waals surface area contributed by atoms with Crippen LogP contribution in [0.5, 0.6) is 11.5 Å². The van der Waals surface area contributed by atoms with Gasteiger partial charge in [-0.2, -0.15) is 0 Å². The first-order valence-corrected chi connectivity index (χ1v) is 8.56. The number of imidazole rings is 1. The third-order valence-corrected chi connectivity index (χ3v) is 4.44. The van der Waals surface area contributed by atoms with Crippen LogP contribution in [-0.4, -0.2) is 32.6 Å². The number of pyridine rings is 1. The van der Waals surface area contributed by atoms with Crippen molar-refractivity contribution >= 4 is 5.78 Å². The minimum Gasteiger partial charge on any atom is -0.486 e. The van der Waals surface area contributed by atoms with Gasteiger partial charge in [0.05, 0.1) is 11.4 Å². The number of hydrogen-bond acceptors (Lipinski definition) is 5. The average molecular weight is 362 g/mol. The normalized spacial score (nSPS) is 13.1. The van der Waals surface area contributed by atoms with Crippen LogP contribution in [0.15, 0.2) is 48.9 Å². The standard InChI is InChI=1S/C20H15FN4O2/c1-12-9-13(3-5-22-12)17-18(25-6-2-4-23-20(25)24-17)14-10-15(21)19-16(11-14)26-7-8-27-19/h2-6,9-11H,7-8H2,1H3. The zero-order valence-corrected chi connectivity index (χ0v) is 14.5. The molecule has 0 unspecified atom stereocenters. The maximum absolute atomic E-state index is 14.7. The van der Waals surface area contributed by atoms with Crippen molar-refractivity contribution in [2.24, 2.45) is 0 Å². The lowest BCUT2D eigenvalue weighted by Crippen LogP contribution is -2.16. The van der Waals surface area contributed by atoms with E-state index in [4.69, 9.17) is 9.47 Å². The molecule has 0 atom stereocenters. The van der Waals surface area contributed by atoms with Gasteiger partial charge < -0.3 is 9.47 Å². The highest BCUT2D eigenvalue weighted by Gasteiger charge is 2.23. The van der Waals surface area contributed by atoms with Crippen LogP contribution in [0.4, 0.5) is 4.39 Å². The molecule has 0 N–H and O–H groups in total. The Kier molecular flexibility index (Phi) is 3.53. The monoisotopic (exact) mass is 362 g/mol. The molecule has 3 aromatic heterocycles.